The molecule has 7 heteroatoms. The van der Waals surface area contributed by atoms with Crippen molar-refractivity contribution in [3.63, 3.8) is 0 Å². The number of aryl methyl sites for hydroxylation is 2. The highest BCUT2D eigenvalue weighted by atomic mass is 79.9. The predicted molar refractivity (Wildman–Crippen MR) is 113 cm³/mol. The summed E-state index contributed by atoms with van der Waals surface area (Å²) in [6, 6.07) is 13.5. The topological polar surface area (TPSA) is 79.4 Å². The maximum absolute atomic E-state index is 13.0. The third kappa shape index (κ3) is 3.45. The molecular formula is C22H16BrN3O3. The van der Waals surface area contributed by atoms with Crippen LogP contribution in [0, 0.1) is 13.8 Å². The number of halogens is 1. The first-order chi connectivity index (χ1) is 13.8. The van der Waals surface area contributed by atoms with Crippen LogP contribution < -0.4 is 10.2 Å². The van der Waals surface area contributed by atoms with Gasteiger partial charge in [-0.05, 0) is 77.3 Å². The minimum Gasteiger partial charge on any atom is -0.307 e. The minimum atomic E-state index is -0.435. The molecule has 2 heterocycles. The van der Waals surface area contributed by atoms with Crippen molar-refractivity contribution in [2.24, 2.45) is 0 Å². The van der Waals surface area contributed by atoms with Gasteiger partial charge in [-0.3, -0.25) is 14.4 Å². The molecule has 4 rings (SSSR count). The normalized spacial score (nSPS) is 12.9. The molecule has 1 aromatic heterocycles. The lowest BCUT2D eigenvalue weighted by molar-refractivity contribution is 0.0925. The van der Waals surface area contributed by atoms with E-state index in [1.807, 2.05) is 32.0 Å². The lowest BCUT2D eigenvalue weighted by Gasteiger charge is -2.17. The van der Waals surface area contributed by atoms with E-state index < -0.39 is 11.8 Å². The zero-order valence-corrected chi connectivity index (χ0v) is 17.3. The number of aromatic nitrogens is 1. The molecule has 2 aromatic carbocycles. The van der Waals surface area contributed by atoms with Crippen molar-refractivity contribution < 1.29 is 14.4 Å². The van der Waals surface area contributed by atoms with Crippen LogP contribution in [-0.2, 0) is 0 Å². The second-order valence-corrected chi connectivity index (χ2v) is 7.73. The van der Waals surface area contributed by atoms with Crippen LogP contribution in [0.3, 0.4) is 0 Å². The zero-order valence-electron chi connectivity index (χ0n) is 15.7. The van der Waals surface area contributed by atoms with Crippen molar-refractivity contribution in [2.75, 3.05) is 10.2 Å². The molecule has 0 bridgehead atoms. The first-order valence-corrected chi connectivity index (χ1v) is 9.67. The molecule has 1 N–H and O–H groups in total. The van der Waals surface area contributed by atoms with Crippen LogP contribution in [0.2, 0.25) is 0 Å². The number of amides is 3. The van der Waals surface area contributed by atoms with Crippen LogP contribution in [0.25, 0.3) is 0 Å². The van der Waals surface area contributed by atoms with E-state index in [0.717, 1.165) is 15.6 Å². The maximum atomic E-state index is 13.0. The number of nitrogens with zero attached hydrogens (tertiary/aromatic N) is 2. The number of hydrogen-bond donors (Lipinski definition) is 1. The van der Waals surface area contributed by atoms with E-state index in [9.17, 15) is 14.4 Å². The number of nitrogens with one attached hydrogen (secondary N) is 1. The Labute approximate surface area is 175 Å². The fraction of sp³-hybridized carbons (Fsp3) is 0.0909. The number of hydrogen-bond acceptors (Lipinski definition) is 4. The molecule has 0 atom stereocenters. The highest BCUT2D eigenvalue weighted by molar-refractivity contribution is 9.10. The molecule has 0 fully saturated rings. The SMILES string of the molecule is Cc1ccc(C)c(N2C(=O)c3ccc(C(=O)Nc4ccc(Br)cn4)cc3C2=O)c1. The molecule has 1 aliphatic rings. The molecule has 1 aliphatic heterocycles. The van der Waals surface area contributed by atoms with Crippen molar-refractivity contribution in [2.45, 2.75) is 13.8 Å². The van der Waals surface area contributed by atoms with Crippen molar-refractivity contribution in [3.8, 4) is 0 Å². The summed E-state index contributed by atoms with van der Waals surface area (Å²) < 4.78 is 0.795. The molecule has 6 nitrogen and oxygen atoms in total. The van der Waals surface area contributed by atoms with E-state index in [4.69, 9.17) is 0 Å². The summed E-state index contributed by atoms with van der Waals surface area (Å²) in [6.45, 7) is 3.75. The van der Waals surface area contributed by atoms with Crippen LogP contribution in [0.15, 0.2) is 59.2 Å². The Bertz CT molecular complexity index is 1170. The lowest BCUT2D eigenvalue weighted by Crippen LogP contribution is -2.30. The van der Waals surface area contributed by atoms with E-state index in [1.165, 1.54) is 23.1 Å². The van der Waals surface area contributed by atoms with Crippen LogP contribution in [0.4, 0.5) is 11.5 Å². The second-order valence-electron chi connectivity index (χ2n) is 6.81. The number of pyridine rings is 1. The van der Waals surface area contributed by atoms with Gasteiger partial charge in [0.25, 0.3) is 17.7 Å². The van der Waals surface area contributed by atoms with E-state index in [-0.39, 0.29) is 22.6 Å². The number of fused-ring (bicyclic) bond motifs is 1. The van der Waals surface area contributed by atoms with E-state index >= 15 is 0 Å². The summed E-state index contributed by atoms with van der Waals surface area (Å²) in [7, 11) is 0. The van der Waals surface area contributed by atoms with Gasteiger partial charge in [0.2, 0.25) is 0 Å². The highest BCUT2D eigenvalue weighted by Gasteiger charge is 2.37. The Morgan fingerprint density at radius 3 is 2.45 bits per heavy atom. The monoisotopic (exact) mass is 449 g/mol. The van der Waals surface area contributed by atoms with Gasteiger partial charge in [-0.2, -0.15) is 0 Å². The van der Waals surface area contributed by atoms with Crippen LogP contribution >= 0.6 is 15.9 Å². The van der Waals surface area contributed by atoms with Crippen molar-refractivity contribution in [3.05, 3.63) is 87.0 Å². The first kappa shape index (κ1) is 19.0. The number of carbonyl (C=O) groups is 3. The summed E-state index contributed by atoms with van der Waals surface area (Å²) in [4.78, 5) is 43.7. The van der Waals surface area contributed by atoms with E-state index in [0.29, 0.717) is 11.5 Å². The van der Waals surface area contributed by atoms with Gasteiger partial charge in [-0.15, -0.1) is 0 Å². The average molecular weight is 450 g/mol. The number of anilines is 2. The quantitative estimate of drug-likeness (QED) is 0.596. The van der Waals surface area contributed by atoms with Gasteiger partial charge in [0.1, 0.15) is 5.82 Å². The summed E-state index contributed by atoms with van der Waals surface area (Å²) >= 11 is 3.29. The maximum Gasteiger partial charge on any atom is 0.266 e. The largest absolute Gasteiger partial charge is 0.307 e. The smallest absolute Gasteiger partial charge is 0.266 e. The Balaban J connectivity index is 1.65. The second kappa shape index (κ2) is 7.25. The Morgan fingerprint density at radius 1 is 0.966 bits per heavy atom. The fourth-order valence-electron chi connectivity index (χ4n) is 3.20. The minimum absolute atomic E-state index is 0.215. The third-order valence-corrected chi connectivity index (χ3v) is 5.19. The highest BCUT2D eigenvalue weighted by Crippen LogP contribution is 2.31. The molecule has 0 spiro atoms. The zero-order chi connectivity index (χ0) is 20.7. The van der Waals surface area contributed by atoms with E-state index in [1.54, 1.807) is 18.3 Å². The number of benzene rings is 2. The summed E-state index contributed by atoms with van der Waals surface area (Å²) in [5.41, 5.74) is 3.11. The number of carbonyl (C=O) groups excluding carboxylic acids is 3. The fourth-order valence-corrected chi connectivity index (χ4v) is 3.43. The van der Waals surface area contributed by atoms with Gasteiger partial charge in [0, 0.05) is 16.2 Å². The molecule has 3 amide bonds. The summed E-state index contributed by atoms with van der Waals surface area (Å²) in [5.74, 6) is -0.846. The van der Waals surface area contributed by atoms with Crippen LogP contribution in [0.1, 0.15) is 42.2 Å². The van der Waals surface area contributed by atoms with Gasteiger partial charge >= 0.3 is 0 Å². The number of rotatable bonds is 3. The Kier molecular flexibility index (Phi) is 4.76. The predicted octanol–water partition coefficient (Wildman–Crippen LogP) is 4.51. The van der Waals surface area contributed by atoms with Gasteiger partial charge in [0.05, 0.1) is 16.8 Å². The third-order valence-electron chi connectivity index (χ3n) is 4.72. The van der Waals surface area contributed by atoms with Gasteiger partial charge in [0.15, 0.2) is 0 Å². The van der Waals surface area contributed by atoms with Crippen molar-refractivity contribution >= 4 is 45.2 Å². The lowest BCUT2D eigenvalue weighted by atomic mass is 10.1. The molecule has 3 aromatic rings. The Hall–Kier alpha value is -3.32. The molecule has 29 heavy (non-hydrogen) atoms. The standard InChI is InChI=1S/C22H16BrN3O3/c1-12-3-4-13(2)18(9-12)26-21(28)16-7-5-14(10-17(16)22(26)29)20(27)25-19-8-6-15(23)11-24-19/h3-11H,1-2H3,(H,24,25,27). The molecule has 0 aliphatic carbocycles. The van der Waals surface area contributed by atoms with Crippen LogP contribution in [0.5, 0.6) is 0 Å². The summed E-state index contributed by atoms with van der Waals surface area (Å²) in [5, 5.41) is 2.68. The van der Waals surface area contributed by atoms with Gasteiger partial charge < -0.3 is 5.32 Å². The van der Waals surface area contributed by atoms with Gasteiger partial charge in [-0.1, -0.05) is 12.1 Å². The van der Waals surface area contributed by atoms with Crippen molar-refractivity contribution in [1.29, 1.82) is 0 Å². The van der Waals surface area contributed by atoms with Crippen LogP contribution in [-0.4, -0.2) is 22.7 Å². The average Bonchev–Trinajstić information content (AvgIpc) is 2.95. The first-order valence-electron chi connectivity index (χ1n) is 8.88. The molecule has 0 unspecified atom stereocenters. The van der Waals surface area contributed by atoms with E-state index in [2.05, 4.69) is 26.2 Å². The number of imide groups is 1. The molecule has 0 saturated heterocycles. The molecule has 144 valence electrons. The molecule has 0 radical (unpaired) electrons. The summed E-state index contributed by atoms with van der Waals surface area (Å²) in [6.07, 6.45) is 1.57. The molecule has 0 saturated carbocycles. The Morgan fingerprint density at radius 2 is 1.72 bits per heavy atom. The van der Waals surface area contributed by atoms with Crippen molar-refractivity contribution in [1.82, 2.24) is 4.98 Å². The molecular weight excluding hydrogens is 434 g/mol. The van der Waals surface area contributed by atoms with Gasteiger partial charge in [-0.25, -0.2) is 9.88 Å².